The van der Waals surface area contributed by atoms with Crippen molar-refractivity contribution >= 4 is 5.91 Å². The van der Waals surface area contributed by atoms with Crippen LogP contribution in [0.1, 0.15) is 31.2 Å². The fourth-order valence-electron chi connectivity index (χ4n) is 2.92. The van der Waals surface area contributed by atoms with Crippen LogP contribution in [-0.4, -0.2) is 18.1 Å². The summed E-state index contributed by atoms with van der Waals surface area (Å²) in [6.45, 7) is 0. The molecule has 0 heterocycles. The van der Waals surface area contributed by atoms with E-state index in [0.717, 1.165) is 0 Å². The lowest BCUT2D eigenvalue weighted by Crippen LogP contribution is -2.48. The molecule has 140 valence electrons. The van der Waals surface area contributed by atoms with Gasteiger partial charge < -0.3 is 5.32 Å². The van der Waals surface area contributed by atoms with Gasteiger partial charge in [0.15, 0.2) is 23.3 Å². The van der Waals surface area contributed by atoms with Crippen molar-refractivity contribution < 1.29 is 39.9 Å². The molecule has 0 radical (unpaired) electrons. The van der Waals surface area contributed by atoms with Crippen molar-refractivity contribution in [2.45, 2.75) is 44.3 Å². The molecular formula is C15H13F8NO. The van der Waals surface area contributed by atoms with Crippen LogP contribution in [0.4, 0.5) is 35.1 Å². The van der Waals surface area contributed by atoms with Gasteiger partial charge in [-0.2, -0.15) is 13.2 Å². The van der Waals surface area contributed by atoms with Crippen molar-refractivity contribution in [1.82, 2.24) is 5.32 Å². The first-order valence-electron chi connectivity index (χ1n) is 7.40. The summed E-state index contributed by atoms with van der Waals surface area (Å²) in [5, 5.41) is 2.00. The largest absolute Gasteiger partial charge is 0.393 e. The van der Waals surface area contributed by atoms with E-state index in [1.807, 2.05) is 5.32 Å². The zero-order valence-electron chi connectivity index (χ0n) is 12.6. The molecule has 1 aliphatic rings. The summed E-state index contributed by atoms with van der Waals surface area (Å²) in [4.78, 5) is 11.8. The number of hydrogen-bond acceptors (Lipinski definition) is 1. The molecule has 25 heavy (non-hydrogen) atoms. The zero-order chi connectivity index (χ0) is 18.9. The average molecular weight is 375 g/mol. The Morgan fingerprint density at radius 3 is 1.88 bits per heavy atom. The molecule has 0 bridgehead atoms. The minimum atomic E-state index is -4.57. The Balaban J connectivity index is 2.18. The third kappa shape index (κ3) is 4.04. The second-order valence-corrected chi connectivity index (χ2v) is 5.83. The maximum atomic E-state index is 13.5. The Bertz CT molecular complexity index is 643. The number of carbonyl (C=O) groups excluding carboxylic acids is 1. The summed E-state index contributed by atoms with van der Waals surface area (Å²) in [6.07, 6.45) is -5.30. The highest BCUT2D eigenvalue weighted by atomic mass is 19.4. The van der Waals surface area contributed by atoms with Crippen molar-refractivity contribution in [3.05, 3.63) is 34.6 Å². The van der Waals surface area contributed by atoms with Gasteiger partial charge >= 0.3 is 6.18 Å². The number of rotatable bonds is 3. The predicted molar refractivity (Wildman–Crippen MR) is 69.9 cm³/mol. The van der Waals surface area contributed by atoms with Crippen LogP contribution in [-0.2, 0) is 11.2 Å². The Labute approximate surface area is 137 Å². The highest BCUT2D eigenvalue weighted by Gasteiger charge is 2.46. The fraction of sp³-hybridized carbons (Fsp3) is 0.533. The monoisotopic (exact) mass is 375 g/mol. The molecule has 0 spiro atoms. The number of amides is 1. The van der Waals surface area contributed by atoms with Crippen LogP contribution in [0.5, 0.6) is 0 Å². The molecule has 2 rings (SSSR count). The van der Waals surface area contributed by atoms with Crippen molar-refractivity contribution in [2.75, 3.05) is 0 Å². The van der Waals surface area contributed by atoms with Gasteiger partial charge in [0.25, 0.3) is 0 Å². The molecule has 0 saturated heterocycles. The Morgan fingerprint density at radius 2 is 1.36 bits per heavy atom. The molecule has 2 atom stereocenters. The Morgan fingerprint density at radius 1 is 0.880 bits per heavy atom. The van der Waals surface area contributed by atoms with Crippen molar-refractivity contribution in [2.24, 2.45) is 5.92 Å². The van der Waals surface area contributed by atoms with E-state index in [1.54, 1.807) is 0 Å². The molecule has 1 saturated carbocycles. The minimum Gasteiger partial charge on any atom is -0.352 e. The first-order valence-corrected chi connectivity index (χ1v) is 7.40. The number of benzene rings is 1. The highest BCUT2D eigenvalue weighted by Crippen LogP contribution is 2.37. The van der Waals surface area contributed by atoms with Crippen LogP contribution in [0.15, 0.2) is 0 Å². The van der Waals surface area contributed by atoms with Gasteiger partial charge in [0.2, 0.25) is 11.7 Å². The molecular weight excluding hydrogens is 362 g/mol. The van der Waals surface area contributed by atoms with Crippen molar-refractivity contribution in [1.29, 1.82) is 0 Å². The number of hydrogen-bond donors (Lipinski definition) is 1. The van der Waals surface area contributed by atoms with Gasteiger partial charge in [0.1, 0.15) is 0 Å². The van der Waals surface area contributed by atoms with Crippen molar-refractivity contribution in [3.63, 3.8) is 0 Å². The summed E-state index contributed by atoms with van der Waals surface area (Å²) < 4.78 is 105. The van der Waals surface area contributed by atoms with Crippen LogP contribution in [0.3, 0.4) is 0 Å². The summed E-state index contributed by atoms with van der Waals surface area (Å²) in [7, 11) is 0. The van der Waals surface area contributed by atoms with E-state index in [-0.39, 0.29) is 12.8 Å². The van der Waals surface area contributed by atoms with E-state index < -0.39 is 65.1 Å². The maximum absolute atomic E-state index is 13.5. The molecule has 2 nitrogen and oxygen atoms in total. The van der Waals surface area contributed by atoms with E-state index in [2.05, 4.69) is 0 Å². The topological polar surface area (TPSA) is 29.1 Å². The predicted octanol–water partition coefficient (Wildman–Crippen LogP) is 4.16. The normalized spacial score (nSPS) is 21.3. The highest BCUT2D eigenvalue weighted by molar-refractivity contribution is 5.79. The van der Waals surface area contributed by atoms with Gasteiger partial charge in [-0.15, -0.1) is 0 Å². The molecule has 0 aliphatic heterocycles. The number of alkyl halides is 3. The number of carbonyl (C=O) groups is 1. The molecule has 1 amide bonds. The van der Waals surface area contributed by atoms with Gasteiger partial charge in [0.05, 0.1) is 12.3 Å². The Hall–Kier alpha value is -1.87. The van der Waals surface area contributed by atoms with Gasteiger partial charge in [-0.1, -0.05) is 12.8 Å². The SMILES string of the molecule is O=C(Cc1c(F)c(F)c(F)c(F)c1F)N[C@H]1CCCC[C@H]1C(F)(F)F. The average Bonchev–Trinajstić information content (AvgIpc) is 2.54. The van der Waals surface area contributed by atoms with E-state index >= 15 is 0 Å². The van der Waals surface area contributed by atoms with Crippen LogP contribution >= 0.6 is 0 Å². The first-order chi connectivity index (χ1) is 11.5. The summed E-state index contributed by atoms with van der Waals surface area (Å²) in [6, 6.07) is -1.30. The molecule has 1 N–H and O–H groups in total. The minimum absolute atomic E-state index is 0.00697. The lowest BCUT2D eigenvalue weighted by atomic mass is 9.84. The van der Waals surface area contributed by atoms with Crippen LogP contribution in [0.25, 0.3) is 0 Å². The van der Waals surface area contributed by atoms with E-state index in [4.69, 9.17) is 0 Å². The fourth-order valence-corrected chi connectivity index (χ4v) is 2.92. The standard InChI is InChI=1S/C15H13F8NO/c16-10-6(11(17)13(19)14(20)12(10)18)5-9(25)24-8-4-2-1-3-7(8)15(21,22)23/h7-8H,1-5H2,(H,24,25)/t7-,8+/m1/s1. The smallest absolute Gasteiger partial charge is 0.352 e. The molecule has 1 fully saturated rings. The zero-order valence-corrected chi connectivity index (χ0v) is 12.6. The summed E-state index contributed by atoms with van der Waals surface area (Å²) >= 11 is 0. The third-order valence-electron chi connectivity index (χ3n) is 4.17. The molecule has 1 aromatic rings. The van der Waals surface area contributed by atoms with Gasteiger partial charge in [-0.3, -0.25) is 4.79 Å². The van der Waals surface area contributed by atoms with Crippen LogP contribution < -0.4 is 5.32 Å². The molecule has 0 aromatic heterocycles. The van der Waals surface area contributed by atoms with Crippen LogP contribution in [0.2, 0.25) is 0 Å². The maximum Gasteiger partial charge on any atom is 0.393 e. The molecule has 0 unspecified atom stereocenters. The molecule has 10 heteroatoms. The third-order valence-corrected chi connectivity index (χ3v) is 4.17. The Kier molecular flexibility index (Phi) is 5.58. The molecule has 1 aromatic carbocycles. The van der Waals surface area contributed by atoms with Gasteiger partial charge in [-0.25, -0.2) is 22.0 Å². The number of halogens is 8. The quantitative estimate of drug-likeness (QED) is 0.480. The lowest BCUT2D eigenvalue weighted by Gasteiger charge is -2.33. The molecule has 1 aliphatic carbocycles. The second kappa shape index (κ2) is 7.17. The lowest BCUT2D eigenvalue weighted by molar-refractivity contribution is -0.189. The first kappa shape index (κ1) is 19.5. The second-order valence-electron chi connectivity index (χ2n) is 5.83. The van der Waals surface area contributed by atoms with Gasteiger partial charge in [-0.05, 0) is 12.8 Å². The summed E-state index contributed by atoms with van der Waals surface area (Å²) in [5.74, 6) is -14.2. The van der Waals surface area contributed by atoms with Crippen molar-refractivity contribution in [3.8, 4) is 0 Å². The summed E-state index contributed by atoms with van der Waals surface area (Å²) in [5.41, 5.74) is -1.38. The van der Waals surface area contributed by atoms with Gasteiger partial charge in [0, 0.05) is 11.6 Å². The number of nitrogens with one attached hydrogen (secondary N) is 1. The van der Waals surface area contributed by atoms with Crippen LogP contribution in [0, 0.1) is 35.0 Å². The van der Waals surface area contributed by atoms with E-state index in [0.29, 0.717) is 12.8 Å². The van der Waals surface area contributed by atoms with E-state index in [1.165, 1.54) is 0 Å². The van der Waals surface area contributed by atoms with E-state index in [9.17, 15) is 39.9 Å².